The first-order chi connectivity index (χ1) is 8.60. The first-order valence-electron chi connectivity index (χ1n) is 5.78. The van der Waals surface area contributed by atoms with Gasteiger partial charge in [-0.15, -0.1) is 0 Å². The third kappa shape index (κ3) is 4.08. The van der Waals surface area contributed by atoms with Crippen LogP contribution in [0, 0.1) is 0 Å². The number of alkyl halides is 1. The summed E-state index contributed by atoms with van der Waals surface area (Å²) in [5, 5.41) is 18.8. The van der Waals surface area contributed by atoms with E-state index in [1.165, 1.54) is 0 Å². The average Bonchev–Trinajstić information content (AvgIpc) is 2.43. The number of rotatable bonds is 6. The van der Waals surface area contributed by atoms with Gasteiger partial charge in [-0.05, 0) is 12.5 Å². The molecule has 0 saturated heterocycles. The number of hydrogen-bond donors (Lipinski definition) is 2. The van der Waals surface area contributed by atoms with Crippen molar-refractivity contribution in [1.29, 1.82) is 0 Å². The topological polar surface area (TPSA) is 60.8 Å². The van der Waals surface area contributed by atoms with Gasteiger partial charge in [-0.2, -0.15) is 0 Å². The van der Waals surface area contributed by atoms with Crippen molar-refractivity contribution in [3.8, 4) is 0 Å². The number of nitrogens with zero attached hydrogens (tertiary/aromatic N) is 1. The molecule has 5 heteroatoms. The molecule has 0 spiro atoms. The minimum absolute atomic E-state index is 0.112. The van der Waals surface area contributed by atoms with Crippen molar-refractivity contribution in [2.75, 3.05) is 11.9 Å². The zero-order valence-corrected chi connectivity index (χ0v) is 11.9. The molecule has 4 nitrogen and oxygen atoms in total. The predicted molar refractivity (Wildman–Crippen MR) is 73.3 cm³/mol. The van der Waals surface area contributed by atoms with Crippen molar-refractivity contribution in [2.45, 2.75) is 25.6 Å². The van der Waals surface area contributed by atoms with Gasteiger partial charge >= 0.3 is 0 Å². The number of carbonyl (C=O) groups excluding carboxylic acids is 1. The lowest BCUT2D eigenvalue weighted by Crippen LogP contribution is -2.46. The summed E-state index contributed by atoms with van der Waals surface area (Å²) < 4.78 is 0. The summed E-state index contributed by atoms with van der Waals surface area (Å²) in [5.41, 5.74) is 0.990. The minimum Gasteiger partial charge on any atom is -0.394 e. The maximum atomic E-state index is 11.9. The average molecular weight is 316 g/mol. The molecule has 1 aromatic carbocycles. The first-order valence-corrected chi connectivity index (χ1v) is 6.90. The number of halogens is 1. The number of aliphatic hydroxyl groups is 2. The summed E-state index contributed by atoms with van der Waals surface area (Å²) in [6.07, 6.45) is -0.934. The summed E-state index contributed by atoms with van der Waals surface area (Å²) in [6.45, 7) is 1.79. The molecule has 1 amide bonds. The largest absolute Gasteiger partial charge is 0.394 e. The zero-order chi connectivity index (χ0) is 13.5. The van der Waals surface area contributed by atoms with Crippen molar-refractivity contribution in [3.63, 3.8) is 0 Å². The van der Waals surface area contributed by atoms with Gasteiger partial charge in [0.1, 0.15) is 0 Å². The Labute approximate surface area is 115 Å². The lowest BCUT2D eigenvalue weighted by Gasteiger charge is -2.31. The molecule has 1 rings (SSSR count). The van der Waals surface area contributed by atoms with Crippen LogP contribution in [-0.2, 0) is 11.3 Å². The Morgan fingerprint density at radius 3 is 2.50 bits per heavy atom. The van der Waals surface area contributed by atoms with Crippen LogP contribution in [0.15, 0.2) is 30.3 Å². The number of hydrogen-bond acceptors (Lipinski definition) is 3. The third-order valence-electron chi connectivity index (χ3n) is 2.87. The fourth-order valence-electron chi connectivity index (χ4n) is 1.68. The number of benzene rings is 1. The number of amides is 1. The van der Waals surface area contributed by atoms with Crippen molar-refractivity contribution in [1.82, 2.24) is 4.90 Å². The second-order valence-electron chi connectivity index (χ2n) is 4.13. The molecule has 2 N–H and O–H groups in total. The first kappa shape index (κ1) is 15.1. The highest BCUT2D eigenvalue weighted by Gasteiger charge is 2.24. The van der Waals surface area contributed by atoms with E-state index in [0.29, 0.717) is 6.54 Å². The van der Waals surface area contributed by atoms with Crippen LogP contribution in [0.3, 0.4) is 0 Å². The number of carbonyl (C=O) groups is 1. The van der Waals surface area contributed by atoms with E-state index in [2.05, 4.69) is 15.9 Å². The summed E-state index contributed by atoms with van der Waals surface area (Å²) in [4.78, 5) is 13.4. The predicted octanol–water partition coefficient (Wildman–Crippen LogP) is 1.15. The van der Waals surface area contributed by atoms with Crippen LogP contribution in [-0.4, -0.2) is 45.1 Å². The van der Waals surface area contributed by atoms with Gasteiger partial charge in [-0.1, -0.05) is 46.3 Å². The van der Waals surface area contributed by atoms with Crippen LogP contribution in [0.5, 0.6) is 0 Å². The Balaban J connectivity index is 2.82. The second kappa shape index (κ2) is 7.51. The van der Waals surface area contributed by atoms with Gasteiger partial charge in [-0.3, -0.25) is 4.79 Å². The Kier molecular flexibility index (Phi) is 6.32. The molecule has 0 radical (unpaired) electrons. The van der Waals surface area contributed by atoms with Crippen molar-refractivity contribution in [2.24, 2.45) is 0 Å². The molecule has 0 aliphatic heterocycles. The molecule has 0 heterocycles. The summed E-state index contributed by atoms with van der Waals surface area (Å²) in [7, 11) is 0. The van der Waals surface area contributed by atoms with Gasteiger partial charge in [0.05, 0.1) is 24.1 Å². The normalized spacial score (nSPS) is 14.0. The van der Waals surface area contributed by atoms with Crippen LogP contribution in [0.4, 0.5) is 0 Å². The van der Waals surface area contributed by atoms with E-state index in [0.717, 1.165) is 5.56 Å². The molecule has 100 valence electrons. The maximum absolute atomic E-state index is 11.9. The number of aliphatic hydroxyl groups excluding tert-OH is 2. The van der Waals surface area contributed by atoms with Gasteiger partial charge in [0.25, 0.3) is 0 Å². The highest BCUT2D eigenvalue weighted by atomic mass is 79.9. The summed E-state index contributed by atoms with van der Waals surface area (Å²) >= 11 is 3.13. The smallest absolute Gasteiger partial charge is 0.233 e. The summed E-state index contributed by atoms with van der Waals surface area (Å²) in [5.74, 6) is -0.112. The fraction of sp³-hybridized carbons (Fsp3) is 0.462. The van der Waals surface area contributed by atoms with Crippen LogP contribution >= 0.6 is 15.9 Å². The molecule has 18 heavy (non-hydrogen) atoms. The van der Waals surface area contributed by atoms with Crippen LogP contribution in [0.25, 0.3) is 0 Å². The quantitative estimate of drug-likeness (QED) is 0.774. The SMILES string of the molecule is CC([C@H](O)CO)N(Cc1ccccc1)C(=O)CBr. The van der Waals surface area contributed by atoms with Crippen molar-refractivity contribution in [3.05, 3.63) is 35.9 Å². The molecule has 0 saturated carbocycles. The van der Waals surface area contributed by atoms with E-state index in [-0.39, 0.29) is 17.8 Å². The van der Waals surface area contributed by atoms with Crippen LogP contribution in [0.2, 0.25) is 0 Å². The molecule has 1 unspecified atom stereocenters. The maximum Gasteiger partial charge on any atom is 0.233 e. The summed E-state index contributed by atoms with van der Waals surface area (Å²) in [6, 6.07) is 9.13. The Hall–Kier alpha value is -0.910. The zero-order valence-electron chi connectivity index (χ0n) is 10.3. The molecule has 2 atom stereocenters. The van der Waals surface area contributed by atoms with Gasteiger partial charge in [0.2, 0.25) is 5.91 Å². The highest BCUT2D eigenvalue weighted by molar-refractivity contribution is 9.09. The molecule has 0 aliphatic carbocycles. The standard InChI is InChI=1S/C13H18BrNO3/c1-10(12(17)9-16)15(13(18)7-14)8-11-5-3-2-4-6-11/h2-6,10,12,16-17H,7-9H2,1H3/t10?,12-/m1/s1. The van der Waals surface area contributed by atoms with E-state index in [1.807, 2.05) is 30.3 Å². The van der Waals surface area contributed by atoms with Gasteiger partial charge in [0.15, 0.2) is 0 Å². The van der Waals surface area contributed by atoms with Crippen LogP contribution < -0.4 is 0 Å². The van der Waals surface area contributed by atoms with E-state index >= 15 is 0 Å². The van der Waals surface area contributed by atoms with E-state index in [1.54, 1.807) is 11.8 Å². The van der Waals surface area contributed by atoms with E-state index in [4.69, 9.17) is 5.11 Å². The lowest BCUT2D eigenvalue weighted by molar-refractivity contribution is -0.134. The molecule has 1 aromatic rings. The Morgan fingerprint density at radius 2 is 2.00 bits per heavy atom. The molecule has 0 aromatic heterocycles. The van der Waals surface area contributed by atoms with E-state index < -0.39 is 12.1 Å². The lowest BCUT2D eigenvalue weighted by atomic mass is 10.1. The monoisotopic (exact) mass is 315 g/mol. The fourth-order valence-corrected chi connectivity index (χ4v) is 2.00. The van der Waals surface area contributed by atoms with Gasteiger partial charge in [0, 0.05) is 6.54 Å². The van der Waals surface area contributed by atoms with Crippen molar-refractivity contribution < 1.29 is 15.0 Å². The molecule has 0 fully saturated rings. The van der Waals surface area contributed by atoms with Gasteiger partial charge in [-0.25, -0.2) is 0 Å². The van der Waals surface area contributed by atoms with E-state index in [9.17, 15) is 9.90 Å². The Bertz CT molecular complexity index is 372. The third-order valence-corrected chi connectivity index (χ3v) is 3.35. The van der Waals surface area contributed by atoms with Gasteiger partial charge < -0.3 is 15.1 Å². The second-order valence-corrected chi connectivity index (χ2v) is 4.69. The molecular weight excluding hydrogens is 298 g/mol. The highest BCUT2D eigenvalue weighted by Crippen LogP contribution is 2.12. The molecular formula is C13H18BrNO3. The molecule has 0 bridgehead atoms. The Morgan fingerprint density at radius 1 is 1.39 bits per heavy atom. The van der Waals surface area contributed by atoms with Crippen molar-refractivity contribution >= 4 is 21.8 Å². The minimum atomic E-state index is -0.934. The van der Waals surface area contributed by atoms with Crippen LogP contribution in [0.1, 0.15) is 12.5 Å². The molecule has 0 aliphatic rings.